The number of nitrogens with one attached hydrogen (secondary N) is 1. The number of nitrogens with zero attached hydrogens (tertiary/aromatic N) is 1. The van der Waals surface area contributed by atoms with Crippen LogP contribution >= 0.6 is 27.5 Å². The number of rotatable bonds is 2. The van der Waals surface area contributed by atoms with Gasteiger partial charge in [-0.3, -0.25) is 4.98 Å². The van der Waals surface area contributed by atoms with Gasteiger partial charge in [0.2, 0.25) is 0 Å². The van der Waals surface area contributed by atoms with E-state index in [2.05, 4.69) is 26.2 Å². The topological polar surface area (TPSA) is 50.9 Å². The quantitative estimate of drug-likeness (QED) is 0.642. The summed E-state index contributed by atoms with van der Waals surface area (Å²) >= 11 is 9.64. The van der Waals surface area contributed by atoms with Crippen LogP contribution in [0.2, 0.25) is 5.02 Å². The number of nitrogens with two attached hydrogens (primary N) is 1. The van der Waals surface area contributed by atoms with Crippen LogP contribution in [-0.2, 0) is 0 Å². The molecule has 0 fully saturated rings. The van der Waals surface area contributed by atoms with Gasteiger partial charge in [-0.1, -0.05) is 27.5 Å². The summed E-state index contributed by atoms with van der Waals surface area (Å²) in [6.07, 6.45) is 3.52. The van der Waals surface area contributed by atoms with E-state index in [9.17, 15) is 0 Å². The summed E-state index contributed by atoms with van der Waals surface area (Å²) in [6, 6.07) is 11.4. The van der Waals surface area contributed by atoms with Crippen LogP contribution in [0, 0.1) is 0 Å². The Morgan fingerprint density at radius 3 is 2.75 bits per heavy atom. The van der Waals surface area contributed by atoms with Gasteiger partial charge in [-0.25, -0.2) is 0 Å². The number of nitrogen functional groups attached to an aromatic ring is 1. The molecule has 0 amide bonds. The zero-order valence-corrected chi connectivity index (χ0v) is 12.7. The van der Waals surface area contributed by atoms with Crippen molar-refractivity contribution in [2.75, 3.05) is 11.1 Å². The molecule has 1 aromatic heterocycles. The summed E-state index contributed by atoms with van der Waals surface area (Å²) in [6.45, 7) is 0. The molecule has 0 saturated carbocycles. The molecule has 0 bridgehead atoms. The van der Waals surface area contributed by atoms with E-state index in [1.807, 2.05) is 36.4 Å². The van der Waals surface area contributed by atoms with E-state index in [4.69, 9.17) is 17.3 Å². The van der Waals surface area contributed by atoms with E-state index in [1.165, 1.54) is 0 Å². The maximum atomic E-state index is 6.20. The van der Waals surface area contributed by atoms with Crippen LogP contribution < -0.4 is 11.1 Å². The summed E-state index contributed by atoms with van der Waals surface area (Å²) in [7, 11) is 0. The molecular formula is C15H11BrClN3. The highest BCUT2D eigenvalue weighted by Gasteiger charge is 2.07. The molecule has 0 spiro atoms. The van der Waals surface area contributed by atoms with Gasteiger partial charge in [0.25, 0.3) is 0 Å². The summed E-state index contributed by atoms with van der Waals surface area (Å²) in [5.41, 5.74) is 8.46. The number of hydrogen-bond donors (Lipinski definition) is 2. The Labute approximate surface area is 129 Å². The van der Waals surface area contributed by atoms with Crippen LogP contribution in [0.25, 0.3) is 10.8 Å². The number of hydrogen-bond acceptors (Lipinski definition) is 3. The van der Waals surface area contributed by atoms with Gasteiger partial charge in [0.05, 0.1) is 10.7 Å². The van der Waals surface area contributed by atoms with Gasteiger partial charge in [-0.15, -0.1) is 0 Å². The molecule has 20 heavy (non-hydrogen) atoms. The van der Waals surface area contributed by atoms with Crippen molar-refractivity contribution in [2.24, 2.45) is 0 Å². The number of benzene rings is 2. The van der Waals surface area contributed by atoms with Crippen molar-refractivity contribution in [2.45, 2.75) is 0 Å². The van der Waals surface area contributed by atoms with E-state index < -0.39 is 0 Å². The first-order chi connectivity index (χ1) is 9.65. The van der Waals surface area contributed by atoms with Crippen LogP contribution in [0.5, 0.6) is 0 Å². The van der Waals surface area contributed by atoms with Gasteiger partial charge < -0.3 is 11.1 Å². The third-order valence-electron chi connectivity index (χ3n) is 3.05. The molecule has 3 aromatic rings. The predicted molar refractivity (Wildman–Crippen MR) is 88.6 cm³/mol. The van der Waals surface area contributed by atoms with Crippen LogP contribution in [-0.4, -0.2) is 4.98 Å². The maximum absolute atomic E-state index is 6.20. The Morgan fingerprint density at radius 2 is 1.90 bits per heavy atom. The van der Waals surface area contributed by atoms with E-state index in [-0.39, 0.29) is 0 Å². The molecule has 0 radical (unpaired) electrons. The Hall–Kier alpha value is -1.78. The van der Waals surface area contributed by atoms with Gasteiger partial charge in [-0.2, -0.15) is 0 Å². The minimum Gasteiger partial charge on any atom is -0.398 e. The zero-order chi connectivity index (χ0) is 14.1. The Balaban J connectivity index is 2.11. The van der Waals surface area contributed by atoms with Crippen molar-refractivity contribution in [3.63, 3.8) is 0 Å². The Kier molecular flexibility index (Phi) is 3.51. The summed E-state index contributed by atoms with van der Waals surface area (Å²) in [5, 5.41) is 5.91. The molecule has 0 aliphatic rings. The van der Waals surface area contributed by atoms with E-state index in [0.29, 0.717) is 5.02 Å². The first kappa shape index (κ1) is 13.2. The fourth-order valence-corrected chi connectivity index (χ4v) is 2.59. The molecule has 0 aliphatic carbocycles. The van der Waals surface area contributed by atoms with Crippen molar-refractivity contribution in [3.05, 3.63) is 58.3 Å². The zero-order valence-electron chi connectivity index (χ0n) is 10.4. The predicted octanol–water partition coefficient (Wildman–Crippen LogP) is 4.98. The summed E-state index contributed by atoms with van der Waals surface area (Å²) in [5.74, 6) is 0. The average Bonchev–Trinajstić information content (AvgIpc) is 2.46. The third-order valence-corrected chi connectivity index (χ3v) is 3.87. The van der Waals surface area contributed by atoms with Crippen LogP contribution in [0.15, 0.2) is 53.3 Å². The van der Waals surface area contributed by atoms with E-state index >= 15 is 0 Å². The summed E-state index contributed by atoms with van der Waals surface area (Å²) in [4.78, 5) is 4.16. The lowest BCUT2D eigenvalue weighted by molar-refractivity contribution is 1.36. The van der Waals surface area contributed by atoms with Crippen molar-refractivity contribution >= 4 is 55.4 Å². The lowest BCUT2D eigenvalue weighted by Gasteiger charge is -2.12. The number of pyridine rings is 1. The molecule has 3 nitrogen and oxygen atoms in total. The monoisotopic (exact) mass is 347 g/mol. The average molecular weight is 349 g/mol. The largest absolute Gasteiger partial charge is 0.398 e. The summed E-state index contributed by atoms with van der Waals surface area (Å²) < 4.78 is 0.960. The minimum atomic E-state index is 0.655. The molecule has 2 aromatic carbocycles. The fourth-order valence-electron chi connectivity index (χ4n) is 2.06. The van der Waals surface area contributed by atoms with Crippen LogP contribution in [0.3, 0.4) is 0 Å². The molecule has 0 atom stereocenters. The second kappa shape index (κ2) is 5.31. The smallest absolute Gasteiger partial charge is 0.0641 e. The second-order valence-electron chi connectivity index (χ2n) is 4.37. The van der Waals surface area contributed by atoms with Gasteiger partial charge in [0, 0.05) is 39.0 Å². The number of aromatic nitrogens is 1. The van der Waals surface area contributed by atoms with Gasteiger partial charge in [0.1, 0.15) is 0 Å². The lowest BCUT2D eigenvalue weighted by Crippen LogP contribution is -1.95. The maximum Gasteiger partial charge on any atom is 0.0641 e. The molecule has 0 unspecified atom stereocenters. The molecule has 3 N–H and O–H groups in total. The standard InChI is InChI=1S/C15H11BrClN3/c16-9-1-2-12(17)15(7-9)20-14-4-3-13(18)10-5-6-19-8-11(10)14/h1-8,20H,18H2. The molecule has 3 rings (SSSR count). The van der Waals surface area contributed by atoms with Crippen LogP contribution in [0.1, 0.15) is 0 Å². The number of fused-ring (bicyclic) bond motifs is 1. The van der Waals surface area contributed by atoms with Crippen molar-refractivity contribution in [1.82, 2.24) is 4.98 Å². The Bertz CT molecular complexity index is 789. The lowest BCUT2D eigenvalue weighted by atomic mass is 10.1. The first-order valence-corrected chi connectivity index (χ1v) is 7.16. The highest BCUT2D eigenvalue weighted by Crippen LogP contribution is 2.33. The van der Waals surface area contributed by atoms with E-state index in [1.54, 1.807) is 12.4 Å². The molecule has 1 heterocycles. The number of anilines is 3. The van der Waals surface area contributed by atoms with Crippen molar-refractivity contribution < 1.29 is 0 Å². The highest BCUT2D eigenvalue weighted by atomic mass is 79.9. The van der Waals surface area contributed by atoms with Crippen LogP contribution in [0.4, 0.5) is 17.1 Å². The SMILES string of the molecule is Nc1ccc(Nc2cc(Br)ccc2Cl)c2cnccc12. The van der Waals surface area contributed by atoms with Crippen molar-refractivity contribution in [3.8, 4) is 0 Å². The number of halogens is 2. The first-order valence-electron chi connectivity index (χ1n) is 5.99. The molecule has 5 heteroatoms. The van der Waals surface area contributed by atoms with Gasteiger partial charge >= 0.3 is 0 Å². The fraction of sp³-hybridized carbons (Fsp3) is 0. The minimum absolute atomic E-state index is 0.655. The van der Waals surface area contributed by atoms with Gasteiger partial charge in [0.15, 0.2) is 0 Å². The van der Waals surface area contributed by atoms with E-state index in [0.717, 1.165) is 32.3 Å². The third kappa shape index (κ3) is 2.44. The second-order valence-corrected chi connectivity index (χ2v) is 5.70. The normalized spacial score (nSPS) is 10.7. The van der Waals surface area contributed by atoms with Crippen molar-refractivity contribution in [1.29, 1.82) is 0 Å². The molecule has 100 valence electrons. The molecule has 0 saturated heterocycles. The Morgan fingerprint density at radius 1 is 1.05 bits per heavy atom. The molecular weight excluding hydrogens is 338 g/mol. The molecule has 0 aliphatic heterocycles. The highest BCUT2D eigenvalue weighted by molar-refractivity contribution is 9.10. The van der Waals surface area contributed by atoms with Gasteiger partial charge in [-0.05, 0) is 36.4 Å².